The van der Waals surface area contributed by atoms with E-state index in [0.717, 1.165) is 23.2 Å². The van der Waals surface area contributed by atoms with E-state index in [9.17, 15) is 4.79 Å². The van der Waals surface area contributed by atoms with Crippen LogP contribution >= 0.6 is 54.5 Å². The van der Waals surface area contributed by atoms with Gasteiger partial charge in [-0.3, -0.25) is 4.79 Å². The first-order valence-corrected chi connectivity index (χ1v) is 9.26. The Morgan fingerprint density at radius 3 is 2.71 bits per heavy atom. The van der Waals surface area contributed by atoms with Gasteiger partial charge in [0, 0.05) is 19.4 Å². The summed E-state index contributed by atoms with van der Waals surface area (Å²) in [6.07, 6.45) is 0. The lowest BCUT2D eigenvalue weighted by Crippen LogP contribution is -2.22. The number of fused-ring (bicyclic) bond motifs is 1. The molecule has 0 aliphatic carbocycles. The summed E-state index contributed by atoms with van der Waals surface area (Å²) in [6, 6.07) is 9.79. The molecule has 1 aromatic carbocycles. The fourth-order valence-electron chi connectivity index (χ4n) is 1.95. The van der Waals surface area contributed by atoms with Crippen LogP contribution in [-0.4, -0.2) is 5.91 Å². The fraction of sp³-hybridized carbons (Fsp3) is 0.0714. The van der Waals surface area contributed by atoms with Gasteiger partial charge in [0.05, 0.1) is 16.0 Å². The average molecular weight is 446 g/mol. The summed E-state index contributed by atoms with van der Waals surface area (Å²) in [5.41, 5.74) is 6.64. The minimum atomic E-state index is -0.130. The average Bonchev–Trinajstić information content (AvgIpc) is 3.00. The van der Waals surface area contributed by atoms with Crippen LogP contribution in [0.1, 0.15) is 14.5 Å². The van der Waals surface area contributed by atoms with Crippen LogP contribution in [0, 0.1) is 0 Å². The number of nitrogens with two attached hydrogens (primary N) is 1. The number of hydrogen-bond acceptors (Lipinski definition) is 4. The van der Waals surface area contributed by atoms with Crippen molar-refractivity contribution in [2.75, 3.05) is 5.73 Å². The van der Waals surface area contributed by atoms with E-state index >= 15 is 0 Å². The number of amides is 1. The van der Waals surface area contributed by atoms with Gasteiger partial charge in [0.25, 0.3) is 5.91 Å². The molecule has 0 fully saturated rings. The molecule has 0 atom stereocenters. The molecule has 3 aromatic rings. The standard InChI is InChI=1S/C14H10Br2N2OS2/c15-7-1-3-9-10(5-7)21-13(12(9)17)14(19)18-6-8-2-4-11(16)20-8/h1-5H,6,17H2,(H,18,19). The summed E-state index contributed by atoms with van der Waals surface area (Å²) in [6.45, 7) is 0.506. The summed E-state index contributed by atoms with van der Waals surface area (Å²) in [5, 5.41) is 3.84. The van der Waals surface area contributed by atoms with Gasteiger partial charge in [-0.25, -0.2) is 0 Å². The lowest BCUT2D eigenvalue weighted by molar-refractivity contribution is 0.0956. The molecule has 7 heteroatoms. The molecule has 2 aromatic heterocycles. The summed E-state index contributed by atoms with van der Waals surface area (Å²) in [5.74, 6) is -0.130. The minimum absolute atomic E-state index is 0.130. The third-order valence-corrected chi connectivity index (χ3v) is 6.23. The first kappa shape index (κ1) is 15.0. The number of nitrogen functional groups attached to an aromatic ring is 1. The van der Waals surface area contributed by atoms with Crippen LogP contribution in [0.5, 0.6) is 0 Å². The lowest BCUT2D eigenvalue weighted by atomic mass is 10.2. The highest BCUT2D eigenvalue weighted by molar-refractivity contribution is 9.11. The maximum absolute atomic E-state index is 12.3. The molecule has 0 aliphatic rings. The van der Waals surface area contributed by atoms with Crippen molar-refractivity contribution in [2.45, 2.75) is 6.54 Å². The van der Waals surface area contributed by atoms with E-state index in [1.807, 2.05) is 30.3 Å². The number of carbonyl (C=O) groups excluding carboxylic acids is 1. The molecule has 0 spiro atoms. The molecule has 0 unspecified atom stereocenters. The van der Waals surface area contributed by atoms with E-state index in [4.69, 9.17) is 5.73 Å². The highest BCUT2D eigenvalue weighted by Gasteiger charge is 2.16. The van der Waals surface area contributed by atoms with Crippen molar-refractivity contribution in [1.82, 2.24) is 5.32 Å². The van der Waals surface area contributed by atoms with Crippen molar-refractivity contribution in [3.05, 3.63) is 48.3 Å². The van der Waals surface area contributed by atoms with Gasteiger partial charge in [-0.05, 0) is 40.2 Å². The van der Waals surface area contributed by atoms with Gasteiger partial charge in [-0.2, -0.15) is 0 Å². The van der Waals surface area contributed by atoms with Gasteiger partial charge in [-0.15, -0.1) is 22.7 Å². The number of rotatable bonds is 3. The number of halogens is 2. The Hall–Kier alpha value is -0.890. The van der Waals surface area contributed by atoms with Crippen molar-refractivity contribution in [2.24, 2.45) is 0 Å². The second kappa shape index (κ2) is 6.08. The maximum atomic E-state index is 12.3. The van der Waals surface area contributed by atoms with E-state index in [2.05, 4.69) is 37.2 Å². The molecule has 0 saturated heterocycles. The van der Waals surface area contributed by atoms with Gasteiger partial charge in [-0.1, -0.05) is 22.0 Å². The van der Waals surface area contributed by atoms with Gasteiger partial charge >= 0.3 is 0 Å². The van der Waals surface area contributed by atoms with Gasteiger partial charge < -0.3 is 11.1 Å². The van der Waals surface area contributed by atoms with Crippen molar-refractivity contribution < 1.29 is 4.79 Å². The van der Waals surface area contributed by atoms with Crippen LogP contribution in [0.2, 0.25) is 0 Å². The maximum Gasteiger partial charge on any atom is 0.263 e. The van der Waals surface area contributed by atoms with E-state index in [1.165, 1.54) is 11.3 Å². The first-order valence-electron chi connectivity index (χ1n) is 6.04. The molecule has 21 heavy (non-hydrogen) atoms. The molecule has 3 nitrogen and oxygen atoms in total. The highest BCUT2D eigenvalue weighted by Crippen LogP contribution is 2.35. The number of benzene rings is 1. The van der Waals surface area contributed by atoms with Gasteiger partial charge in [0.1, 0.15) is 4.88 Å². The second-order valence-corrected chi connectivity index (χ2v) is 8.89. The zero-order valence-corrected chi connectivity index (χ0v) is 15.5. The molecular formula is C14H10Br2N2OS2. The summed E-state index contributed by atoms with van der Waals surface area (Å²) in [7, 11) is 0. The molecule has 1 amide bonds. The van der Waals surface area contributed by atoms with E-state index in [0.29, 0.717) is 17.1 Å². The van der Waals surface area contributed by atoms with Crippen molar-refractivity contribution in [1.29, 1.82) is 0 Å². The number of nitrogens with one attached hydrogen (secondary N) is 1. The molecule has 0 saturated carbocycles. The molecule has 0 radical (unpaired) electrons. The topological polar surface area (TPSA) is 55.1 Å². The Bertz CT molecular complexity index is 826. The Morgan fingerprint density at radius 2 is 2.00 bits per heavy atom. The largest absolute Gasteiger partial charge is 0.397 e. The molecule has 0 aliphatic heterocycles. The smallest absolute Gasteiger partial charge is 0.263 e. The Balaban J connectivity index is 1.82. The number of hydrogen-bond donors (Lipinski definition) is 2. The van der Waals surface area contributed by atoms with Crippen molar-refractivity contribution >= 4 is 76.2 Å². The third kappa shape index (κ3) is 3.15. The van der Waals surface area contributed by atoms with Crippen molar-refractivity contribution in [3.63, 3.8) is 0 Å². The van der Waals surface area contributed by atoms with Crippen LogP contribution in [0.4, 0.5) is 5.69 Å². The fourth-order valence-corrected chi connectivity index (χ4v) is 4.97. The van der Waals surface area contributed by atoms with E-state index in [-0.39, 0.29) is 5.91 Å². The zero-order chi connectivity index (χ0) is 15.0. The number of thiophene rings is 2. The Kier molecular flexibility index (Phi) is 4.35. The van der Waals surface area contributed by atoms with Crippen LogP contribution in [0.15, 0.2) is 38.6 Å². The third-order valence-electron chi connectivity index (χ3n) is 2.95. The quantitative estimate of drug-likeness (QED) is 0.595. The monoisotopic (exact) mass is 444 g/mol. The minimum Gasteiger partial charge on any atom is -0.397 e. The predicted molar refractivity (Wildman–Crippen MR) is 97.1 cm³/mol. The Morgan fingerprint density at radius 1 is 1.19 bits per heavy atom. The predicted octanol–water partition coefficient (Wildman–Crippen LogP) is 5.00. The first-order chi connectivity index (χ1) is 10.0. The number of anilines is 1. The molecule has 0 bridgehead atoms. The van der Waals surface area contributed by atoms with Gasteiger partial charge in [0.2, 0.25) is 0 Å². The molecular weight excluding hydrogens is 436 g/mol. The summed E-state index contributed by atoms with van der Waals surface area (Å²) < 4.78 is 3.04. The summed E-state index contributed by atoms with van der Waals surface area (Å²) >= 11 is 9.86. The van der Waals surface area contributed by atoms with E-state index in [1.54, 1.807) is 11.3 Å². The molecule has 3 rings (SSSR count). The van der Waals surface area contributed by atoms with Crippen LogP contribution in [-0.2, 0) is 6.54 Å². The van der Waals surface area contributed by atoms with Gasteiger partial charge in [0.15, 0.2) is 0 Å². The zero-order valence-electron chi connectivity index (χ0n) is 10.7. The summed E-state index contributed by atoms with van der Waals surface area (Å²) in [4.78, 5) is 14.0. The highest BCUT2D eigenvalue weighted by atomic mass is 79.9. The van der Waals surface area contributed by atoms with Crippen molar-refractivity contribution in [3.8, 4) is 0 Å². The molecule has 108 valence electrons. The second-order valence-electron chi connectivity index (χ2n) is 4.37. The van der Waals surface area contributed by atoms with Crippen LogP contribution in [0.3, 0.4) is 0 Å². The normalized spacial score (nSPS) is 11.0. The van der Waals surface area contributed by atoms with E-state index < -0.39 is 0 Å². The number of carbonyl (C=O) groups is 1. The molecule has 3 N–H and O–H groups in total. The SMILES string of the molecule is Nc1c(C(=O)NCc2ccc(Br)s2)sc2cc(Br)ccc12. The van der Waals surface area contributed by atoms with Crippen LogP contribution in [0.25, 0.3) is 10.1 Å². The Labute approximate surface area is 146 Å². The lowest BCUT2D eigenvalue weighted by Gasteiger charge is -2.02. The molecule has 2 heterocycles. The van der Waals surface area contributed by atoms with Crippen LogP contribution < -0.4 is 11.1 Å².